The van der Waals surface area contributed by atoms with E-state index in [9.17, 15) is 14.4 Å². The van der Waals surface area contributed by atoms with Gasteiger partial charge in [-0.1, -0.05) is 12.1 Å². The van der Waals surface area contributed by atoms with Crippen LogP contribution in [-0.4, -0.2) is 29.4 Å². The molecular formula is C21H23NO5. The van der Waals surface area contributed by atoms with Crippen molar-refractivity contribution in [1.82, 2.24) is 0 Å². The first-order valence-electron chi connectivity index (χ1n) is 8.78. The minimum absolute atomic E-state index is 0.00754. The van der Waals surface area contributed by atoms with Gasteiger partial charge in [-0.25, -0.2) is 0 Å². The number of benzene rings is 2. The smallest absolute Gasteiger partial charge is 0.303 e. The van der Waals surface area contributed by atoms with Crippen LogP contribution in [0, 0.1) is 0 Å². The lowest BCUT2D eigenvalue weighted by Gasteiger charge is -2.08. The zero-order valence-electron chi connectivity index (χ0n) is 15.2. The summed E-state index contributed by atoms with van der Waals surface area (Å²) in [7, 11) is 0. The molecule has 0 bridgehead atoms. The molecule has 27 heavy (non-hydrogen) atoms. The van der Waals surface area contributed by atoms with Gasteiger partial charge < -0.3 is 15.2 Å². The van der Waals surface area contributed by atoms with Crippen LogP contribution in [0.2, 0.25) is 0 Å². The van der Waals surface area contributed by atoms with E-state index in [-0.39, 0.29) is 18.1 Å². The number of Topliss-reactive ketones (excluding diaryl/α,β-unsaturated/α-hetero) is 1. The number of carbonyl (C=O) groups excluding carboxylic acids is 2. The van der Waals surface area contributed by atoms with E-state index in [1.54, 1.807) is 36.4 Å². The second kappa shape index (κ2) is 10.1. The summed E-state index contributed by atoms with van der Waals surface area (Å²) in [6.45, 7) is 1.92. The Morgan fingerprint density at radius 3 is 2.22 bits per heavy atom. The van der Waals surface area contributed by atoms with Gasteiger partial charge in [0, 0.05) is 24.1 Å². The average molecular weight is 369 g/mol. The molecule has 0 aliphatic carbocycles. The highest BCUT2D eigenvalue weighted by Gasteiger charge is 2.05. The van der Waals surface area contributed by atoms with E-state index >= 15 is 0 Å². The summed E-state index contributed by atoms with van der Waals surface area (Å²) in [5.41, 5.74) is 2.23. The third kappa shape index (κ3) is 7.32. The Morgan fingerprint density at radius 1 is 0.963 bits per heavy atom. The summed E-state index contributed by atoms with van der Waals surface area (Å²) in [5, 5.41) is 11.5. The second-order valence-corrected chi connectivity index (χ2v) is 6.17. The van der Waals surface area contributed by atoms with E-state index < -0.39 is 5.97 Å². The second-order valence-electron chi connectivity index (χ2n) is 6.17. The van der Waals surface area contributed by atoms with Gasteiger partial charge in [-0.15, -0.1) is 0 Å². The van der Waals surface area contributed by atoms with Gasteiger partial charge in [0.15, 0.2) is 5.78 Å². The summed E-state index contributed by atoms with van der Waals surface area (Å²) >= 11 is 0. The van der Waals surface area contributed by atoms with Gasteiger partial charge >= 0.3 is 5.97 Å². The van der Waals surface area contributed by atoms with Crippen molar-refractivity contribution in [2.75, 3.05) is 11.9 Å². The summed E-state index contributed by atoms with van der Waals surface area (Å²) in [4.78, 5) is 33.7. The van der Waals surface area contributed by atoms with Crippen LogP contribution < -0.4 is 10.1 Å². The molecule has 0 fully saturated rings. The molecule has 6 nitrogen and oxygen atoms in total. The van der Waals surface area contributed by atoms with Crippen LogP contribution in [-0.2, 0) is 16.0 Å². The van der Waals surface area contributed by atoms with Gasteiger partial charge in [0.1, 0.15) is 5.75 Å². The Bertz CT molecular complexity index is 781. The number of ether oxygens (including phenoxy) is 1. The van der Waals surface area contributed by atoms with E-state index in [1.165, 1.54) is 6.92 Å². The zero-order chi connectivity index (χ0) is 19.6. The summed E-state index contributed by atoms with van der Waals surface area (Å²) in [5.74, 6) is -0.265. The van der Waals surface area contributed by atoms with Crippen LogP contribution in [0.1, 0.15) is 42.1 Å². The van der Waals surface area contributed by atoms with Crippen LogP contribution in [0.4, 0.5) is 5.69 Å². The van der Waals surface area contributed by atoms with Gasteiger partial charge in [0.05, 0.1) is 6.61 Å². The first kappa shape index (κ1) is 20.2. The normalized spacial score (nSPS) is 10.3. The van der Waals surface area contributed by atoms with Crippen molar-refractivity contribution in [2.24, 2.45) is 0 Å². The third-order valence-corrected chi connectivity index (χ3v) is 3.94. The van der Waals surface area contributed by atoms with Gasteiger partial charge in [0.25, 0.3) is 0 Å². The minimum Gasteiger partial charge on any atom is -0.494 e. The number of hydrogen-bond donors (Lipinski definition) is 2. The Kier molecular flexibility index (Phi) is 7.55. The van der Waals surface area contributed by atoms with Gasteiger partial charge in [-0.2, -0.15) is 0 Å². The molecule has 0 unspecified atom stereocenters. The van der Waals surface area contributed by atoms with Crippen molar-refractivity contribution in [3.8, 4) is 5.75 Å². The number of carboxylic acid groups (broad SMARTS) is 1. The number of rotatable bonds is 10. The molecule has 2 aromatic carbocycles. The molecule has 0 aromatic heterocycles. The molecule has 1 amide bonds. The molecule has 0 saturated carbocycles. The highest BCUT2D eigenvalue weighted by molar-refractivity contribution is 5.94. The Balaban J connectivity index is 1.68. The molecule has 0 radical (unpaired) electrons. The van der Waals surface area contributed by atoms with E-state index in [1.807, 2.05) is 12.1 Å². The first-order chi connectivity index (χ1) is 12.9. The lowest BCUT2D eigenvalue weighted by molar-refractivity contribution is -0.137. The number of carbonyl (C=O) groups is 3. The molecule has 2 N–H and O–H groups in total. The predicted molar refractivity (Wildman–Crippen MR) is 102 cm³/mol. The molecule has 0 aliphatic heterocycles. The van der Waals surface area contributed by atoms with E-state index in [2.05, 4.69) is 5.32 Å². The van der Waals surface area contributed by atoms with E-state index in [0.29, 0.717) is 42.9 Å². The quantitative estimate of drug-likeness (QED) is 0.492. The molecule has 0 aliphatic rings. The van der Waals surface area contributed by atoms with Crippen molar-refractivity contribution in [3.63, 3.8) is 0 Å². The summed E-state index contributed by atoms with van der Waals surface area (Å²) in [6, 6.07) is 14.1. The molecule has 0 saturated heterocycles. The monoisotopic (exact) mass is 369 g/mol. The van der Waals surface area contributed by atoms with Crippen molar-refractivity contribution < 1.29 is 24.2 Å². The topological polar surface area (TPSA) is 92.7 Å². The molecule has 6 heteroatoms. The van der Waals surface area contributed by atoms with Crippen LogP contribution in [0.5, 0.6) is 5.75 Å². The molecule has 2 rings (SSSR count). The van der Waals surface area contributed by atoms with Crippen molar-refractivity contribution in [2.45, 2.75) is 32.6 Å². The highest BCUT2D eigenvalue weighted by Crippen LogP contribution is 2.14. The number of hydrogen-bond acceptors (Lipinski definition) is 4. The van der Waals surface area contributed by atoms with Gasteiger partial charge in [0.2, 0.25) is 5.91 Å². The minimum atomic E-state index is -0.829. The van der Waals surface area contributed by atoms with E-state index in [4.69, 9.17) is 9.84 Å². The Hall–Kier alpha value is -3.15. The number of nitrogens with one attached hydrogen (secondary N) is 1. The number of aliphatic carboxylic acids is 1. The molecular weight excluding hydrogens is 346 g/mol. The molecule has 0 spiro atoms. The lowest BCUT2D eigenvalue weighted by Crippen LogP contribution is -2.12. The maximum Gasteiger partial charge on any atom is 0.303 e. The SMILES string of the molecule is CC(=O)c1ccc(OCCCC(=O)Nc2ccc(CCC(=O)O)cc2)cc1. The summed E-state index contributed by atoms with van der Waals surface area (Å²) < 4.78 is 5.56. The largest absolute Gasteiger partial charge is 0.494 e. The van der Waals surface area contributed by atoms with Crippen molar-refractivity contribution >= 4 is 23.3 Å². The number of carboxylic acids is 1. The zero-order valence-corrected chi connectivity index (χ0v) is 15.2. The summed E-state index contributed by atoms with van der Waals surface area (Å²) in [6.07, 6.45) is 1.45. The van der Waals surface area contributed by atoms with E-state index in [0.717, 1.165) is 5.56 Å². The number of ketones is 1. The Labute approximate surface area is 158 Å². The number of aryl methyl sites for hydroxylation is 1. The Morgan fingerprint density at radius 2 is 1.63 bits per heavy atom. The molecule has 0 atom stereocenters. The number of amides is 1. The van der Waals surface area contributed by atoms with Crippen LogP contribution in [0.15, 0.2) is 48.5 Å². The lowest BCUT2D eigenvalue weighted by atomic mass is 10.1. The standard InChI is InChI=1S/C21H23NO5/c1-15(23)17-7-11-19(12-8-17)27-14-2-3-20(24)22-18-9-4-16(5-10-18)6-13-21(25)26/h4-5,7-12H,2-3,6,13-14H2,1H3,(H,22,24)(H,25,26). The fourth-order valence-corrected chi connectivity index (χ4v) is 2.44. The fourth-order valence-electron chi connectivity index (χ4n) is 2.44. The molecule has 142 valence electrons. The first-order valence-corrected chi connectivity index (χ1v) is 8.78. The highest BCUT2D eigenvalue weighted by atomic mass is 16.5. The average Bonchev–Trinajstić information content (AvgIpc) is 2.65. The molecule has 2 aromatic rings. The maximum absolute atomic E-state index is 12.0. The fraction of sp³-hybridized carbons (Fsp3) is 0.286. The predicted octanol–water partition coefficient (Wildman–Crippen LogP) is 3.70. The van der Waals surface area contributed by atoms with Gasteiger partial charge in [-0.3, -0.25) is 14.4 Å². The maximum atomic E-state index is 12.0. The van der Waals surface area contributed by atoms with Crippen molar-refractivity contribution in [1.29, 1.82) is 0 Å². The van der Waals surface area contributed by atoms with Crippen LogP contribution in [0.3, 0.4) is 0 Å². The number of anilines is 1. The van der Waals surface area contributed by atoms with Crippen molar-refractivity contribution in [3.05, 3.63) is 59.7 Å². The van der Waals surface area contributed by atoms with Gasteiger partial charge in [-0.05, 0) is 61.7 Å². The van der Waals surface area contributed by atoms with Crippen LogP contribution >= 0.6 is 0 Å². The van der Waals surface area contributed by atoms with Crippen LogP contribution in [0.25, 0.3) is 0 Å². The third-order valence-electron chi connectivity index (χ3n) is 3.94. The molecule has 0 heterocycles.